The van der Waals surface area contributed by atoms with Crippen molar-refractivity contribution in [1.82, 2.24) is 4.31 Å². The first-order valence-corrected chi connectivity index (χ1v) is 7.83. The Balaban J connectivity index is 2.39. The van der Waals surface area contributed by atoms with Crippen LogP contribution in [-0.2, 0) is 14.8 Å². The Morgan fingerprint density at radius 2 is 2.06 bits per heavy atom. The van der Waals surface area contributed by atoms with Gasteiger partial charge in [-0.05, 0) is 32.6 Å². The summed E-state index contributed by atoms with van der Waals surface area (Å²) in [5.41, 5.74) is -0.900. The topological polar surface area (TPSA) is 74.7 Å². The molecule has 18 heavy (non-hydrogen) atoms. The Morgan fingerprint density at radius 3 is 2.50 bits per heavy atom. The normalized spacial score (nSPS) is 38.3. The zero-order valence-corrected chi connectivity index (χ0v) is 12.0. The van der Waals surface area contributed by atoms with Crippen LogP contribution in [-0.4, -0.2) is 40.6 Å². The largest absolute Gasteiger partial charge is 0.394 e. The summed E-state index contributed by atoms with van der Waals surface area (Å²) in [6.07, 6.45) is 2.99. The van der Waals surface area contributed by atoms with E-state index in [0.717, 1.165) is 17.1 Å². The molecule has 1 heterocycles. The molecule has 1 aliphatic heterocycles. The summed E-state index contributed by atoms with van der Waals surface area (Å²) in [6, 6.07) is 0. The van der Waals surface area contributed by atoms with Crippen LogP contribution in [0.1, 0.15) is 46.5 Å². The van der Waals surface area contributed by atoms with Gasteiger partial charge in [0.1, 0.15) is 0 Å². The lowest BCUT2D eigenvalue weighted by Crippen LogP contribution is -2.75. The third-order valence-electron chi connectivity index (χ3n) is 4.38. The van der Waals surface area contributed by atoms with Crippen LogP contribution >= 0.6 is 0 Å². The van der Waals surface area contributed by atoms with E-state index < -0.39 is 20.3 Å². The van der Waals surface area contributed by atoms with Gasteiger partial charge < -0.3 is 5.11 Å². The maximum Gasteiger partial charge on any atom is 0.259 e. The van der Waals surface area contributed by atoms with Gasteiger partial charge in [-0.25, -0.2) is 12.7 Å². The number of aliphatic hydroxyl groups excluding tert-OH is 1. The molecule has 2 unspecified atom stereocenters. The lowest BCUT2D eigenvalue weighted by Gasteiger charge is -2.55. The molecule has 2 atom stereocenters. The fourth-order valence-corrected chi connectivity index (χ4v) is 4.96. The number of nitrogens with zero attached hydrogens (tertiary/aromatic N) is 1. The van der Waals surface area contributed by atoms with Crippen molar-refractivity contribution in [2.24, 2.45) is 5.92 Å². The molecule has 2 aliphatic rings. The highest BCUT2D eigenvalue weighted by Gasteiger charge is 2.66. The predicted octanol–water partition coefficient (Wildman–Crippen LogP) is 0.878. The van der Waals surface area contributed by atoms with E-state index in [2.05, 4.69) is 0 Å². The molecule has 1 amide bonds. The lowest BCUT2D eigenvalue weighted by atomic mass is 9.76. The summed E-state index contributed by atoms with van der Waals surface area (Å²) in [4.78, 5) is 12.1. The maximum atomic E-state index is 12.2. The Bertz CT molecular complexity index is 470. The highest BCUT2D eigenvalue weighted by atomic mass is 32.2. The Labute approximate surface area is 108 Å². The first kappa shape index (κ1) is 13.8. The monoisotopic (exact) mass is 275 g/mol. The minimum absolute atomic E-state index is 0.279. The molecule has 0 spiro atoms. The van der Waals surface area contributed by atoms with Gasteiger partial charge in [0.15, 0.2) is 4.75 Å². The van der Waals surface area contributed by atoms with Gasteiger partial charge in [0.25, 0.3) is 15.9 Å². The average molecular weight is 275 g/mol. The summed E-state index contributed by atoms with van der Waals surface area (Å²) in [7, 11) is -3.62. The Hall–Kier alpha value is -0.620. The molecule has 0 bridgehead atoms. The molecule has 0 aromatic heterocycles. The molecular formula is C12H21NO4S. The summed E-state index contributed by atoms with van der Waals surface area (Å²) in [5.74, 6) is -0.0525. The number of hydrogen-bond donors (Lipinski definition) is 1. The second-order valence-electron chi connectivity index (χ2n) is 6.17. The van der Waals surface area contributed by atoms with Crippen LogP contribution in [0, 0.1) is 5.92 Å². The van der Waals surface area contributed by atoms with E-state index in [1.807, 2.05) is 6.92 Å². The van der Waals surface area contributed by atoms with Crippen LogP contribution in [0.5, 0.6) is 0 Å². The number of sulfonamides is 1. The molecule has 0 aromatic rings. The second kappa shape index (κ2) is 3.93. The van der Waals surface area contributed by atoms with Crippen LogP contribution in [0.2, 0.25) is 0 Å². The Kier molecular flexibility index (Phi) is 3.02. The zero-order chi connectivity index (χ0) is 13.8. The summed E-state index contributed by atoms with van der Waals surface area (Å²) < 4.78 is 24.1. The molecule has 2 rings (SSSR count). The van der Waals surface area contributed by atoms with Gasteiger partial charge in [-0.2, -0.15) is 0 Å². The predicted molar refractivity (Wildman–Crippen MR) is 67.3 cm³/mol. The molecule has 1 N–H and O–H groups in total. The average Bonchev–Trinajstić information content (AvgIpc) is 2.28. The first-order valence-electron chi connectivity index (χ1n) is 6.39. The van der Waals surface area contributed by atoms with Crippen molar-refractivity contribution in [3.05, 3.63) is 0 Å². The quantitative estimate of drug-likeness (QED) is 0.811. The van der Waals surface area contributed by atoms with Crippen LogP contribution in [0.15, 0.2) is 0 Å². The van der Waals surface area contributed by atoms with E-state index in [0.29, 0.717) is 18.8 Å². The molecule has 2 fully saturated rings. The SMILES string of the molecule is CC1CCCC(CO)(N2C(=O)C(C)(C)S2(=O)=O)C1. The molecule has 0 aromatic carbocycles. The van der Waals surface area contributed by atoms with Crippen LogP contribution in [0.4, 0.5) is 0 Å². The van der Waals surface area contributed by atoms with Crippen molar-refractivity contribution in [2.45, 2.75) is 56.7 Å². The first-order chi connectivity index (χ1) is 8.19. The van der Waals surface area contributed by atoms with Crippen molar-refractivity contribution in [3.63, 3.8) is 0 Å². The fourth-order valence-electron chi connectivity index (χ4n) is 3.15. The van der Waals surface area contributed by atoms with Crippen LogP contribution in [0.3, 0.4) is 0 Å². The van der Waals surface area contributed by atoms with E-state index in [1.54, 1.807) is 0 Å². The van der Waals surface area contributed by atoms with Gasteiger partial charge in [0.2, 0.25) is 0 Å². The fraction of sp³-hybridized carbons (Fsp3) is 0.917. The molecule has 104 valence electrons. The van der Waals surface area contributed by atoms with Crippen LogP contribution < -0.4 is 0 Å². The van der Waals surface area contributed by atoms with Gasteiger partial charge in [0, 0.05) is 0 Å². The molecule has 1 saturated carbocycles. The molecular weight excluding hydrogens is 254 g/mol. The standard InChI is InChI=1S/C12H21NO4S/c1-9-5-4-6-12(7-9,8-14)13-10(15)11(2,3)18(13,16)17/h9,14H,4-8H2,1-3H3. The van der Waals surface area contributed by atoms with Crippen molar-refractivity contribution in [3.8, 4) is 0 Å². The summed E-state index contributed by atoms with van der Waals surface area (Å²) >= 11 is 0. The van der Waals surface area contributed by atoms with Gasteiger partial charge in [-0.3, -0.25) is 4.79 Å². The van der Waals surface area contributed by atoms with Crippen molar-refractivity contribution in [1.29, 1.82) is 0 Å². The maximum absolute atomic E-state index is 12.2. The number of aliphatic hydroxyl groups is 1. The van der Waals surface area contributed by atoms with Crippen LogP contribution in [0.25, 0.3) is 0 Å². The smallest absolute Gasteiger partial charge is 0.259 e. The number of carbonyl (C=O) groups excluding carboxylic acids is 1. The number of carbonyl (C=O) groups is 1. The minimum atomic E-state index is -3.62. The second-order valence-corrected chi connectivity index (χ2v) is 8.50. The van der Waals surface area contributed by atoms with Gasteiger partial charge in [-0.1, -0.05) is 19.8 Å². The van der Waals surface area contributed by atoms with E-state index >= 15 is 0 Å². The molecule has 1 aliphatic carbocycles. The highest BCUT2D eigenvalue weighted by molar-refractivity contribution is 7.94. The third-order valence-corrected chi connectivity index (χ3v) is 6.88. The number of rotatable bonds is 2. The Morgan fingerprint density at radius 1 is 1.44 bits per heavy atom. The van der Waals surface area contributed by atoms with Gasteiger partial charge in [-0.15, -0.1) is 0 Å². The molecule has 6 heteroatoms. The van der Waals surface area contributed by atoms with Crippen molar-refractivity contribution < 1.29 is 18.3 Å². The number of hydrogen-bond acceptors (Lipinski definition) is 4. The number of amides is 1. The van der Waals surface area contributed by atoms with E-state index in [9.17, 15) is 18.3 Å². The van der Waals surface area contributed by atoms with E-state index in [-0.39, 0.29) is 12.5 Å². The van der Waals surface area contributed by atoms with Crippen molar-refractivity contribution in [2.75, 3.05) is 6.61 Å². The van der Waals surface area contributed by atoms with Gasteiger partial charge in [0.05, 0.1) is 12.1 Å². The zero-order valence-electron chi connectivity index (χ0n) is 11.1. The minimum Gasteiger partial charge on any atom is -0.394 e. The molecule has 1 saturated heterocycles. The highest BCUT2D eigenvalue weighted by Crippen LogP contribution is 2.47. The summed E-state index contributed by atoms with van der Waals surface area (Å²) in [5, 5.41) is 9.66. The van der Waals surface area contributed by atoms with E-state index in [1.165, 1.54) is 13.8 Å². The lowest BCUT2D eigenvalue weighted by molar-refractivity contribution is -0.140. The summed E-state index contributed by atoms with van der Waals surface area (Å²) in [6.45, 7) is 4.61. The van der Waals surface area contributed by atoms with E-state index in [4.69, 9.17) is 0 Å². The van der Waals surface area contributed by atoms with Crippen molar-refractivity contribution >= 4 is 15.9 Å². The van der Waals surface area contributed by atoms with Gasteiger partial charge >= 0.3 is 0 Å². The molecule has 0 radical (unpaired) electrons. The third kappa shape index (κ3) is 1.54. The molecule has 5 nitrogen and oxygen atoms in total.